The summed E-state index contributed by atoms with van der Waals surface area (Å²) in [4.78, 5) is 9.53. The number of hydrogen-bond acceptors (Lipinski definition) is 6. The summed E-state index contributed by atoms with van der Waals surface area (Å²) in [5, 5.41) is 1.67. The largest absolute Gasteiger partial charge is 0.378 e. The van der Waals surface area contributed by atoms with Gasteiger partial charge >= 0.3 is 0 Å². The summed E-state index contributed by atoms with van der Waals surface area (Å²) in [6.45, 7) is 6.99. The number of rotatable bonds is 5. The molecule has 3 rings (SSSR count). The monoisotopic (exact) mass is 327 g/mol. The molecule has 2 heterocycles. The van der Waals surface area contributed by atoms with Crippen LogP contribution in [0.15, 0.2) is 51.6 Å². The van der Waals surface area contributed by atoms with E-state index >= 15 is 0 Å². The van der Waals surface area contributed by atoms with Crippen LogP contribution in [-0.4, -0.2) is 41.5 Å². The first-order valence-electron chi connectivity index (χ1n) is 8.27. The predicted octanol–water partition coefficient (Wildman–Crippen LogP) is 1.63. The van der Waals surface area contributed by atoms with E-state index in [2.05, 4.69) is 12.1 Å². The number of ether oxygens (including phenoxy) is 1. The number of allylic oxidation sites excluding steroid dienone is 1. The van der Waals surface area contributed by atoms with Crippen LogP contribution >= 0.6 is 0 Å². The van der Waals surface area contributed by atoms with Gasteiger partial charge in [-0.2, -0.15) is 0 Å². The highest BCUT2D eigenvalue weighted by molar-refractivity contribution is 6.18. The third-order valence-electron chi connectivity index (χ3n) is 4.54. The molecule has 4 N–H and O–H groups in total. The number of hydrogen-bond donors (Lipinski definition) is 2. The fourth-order valence-corrected chi connectivity index (χ4v) is 3.21. The molecule has 2 aliphatic rings. The quantitative estimate of drug-likeness (QED) is 0.804. The molecular weight excluding hydrogens is 302 g/mol. The Bertz CT molecular complexity index is 709. The number of benzene rings is 1. The third-order valence-corrected chi connectivity index (χ3v) is 4.54. The summed E-state index contributed by atoms with van der Waals surface area (Å²) in [6, 6.07) is 10.1. The Morgan fingerprint density at radius 1 is 1.25 bits per heavy atom. The summed E-state index contributed by atoms with van der Waals surface area (Å²) in [6.07, 6.45) is 0.320. The van der Waals surface area contributed by atoms with Gasteiger partial charge in [-0.3, -0.25) is 15.0 Å². The van der Waals surface area contributed by atoms with Crippen LogP contribution in [0, 0.1) is 0 Å². The van der Waals surface area contributed by atoms with Crippen molar-refractivity contribution in [3.63, 3.8) is 0 Å². The molecule has 0 bridgehead atoms. The van der Waals surface area contributed by atoms with Crippen molar-refractivity contribution in [3.8, 4) is 0 Å². The van der Waals surface area contributed by atoms with Crippen molar-refractivity contribution < 1.29 is 4.74 Å². The third kappa shape index (κ3) is 2.88. The van der Waals surface area contributed by atoms with Gasteiger partial charge in [0.2, 0.25) is 0 Å². The van der Waals surface area contributed by atoms with E-state index in [9.17, 15) is 0 Å². The molecule has 0 fully saturated rings. The fraction of sp³-hybridized carbons (Fsp3) is 0.444. The zero-order valence-electron chi connectivity index (χ0n) is 14.5. The van der Waals surface area contributed by atoms with E-state index in [4.69, 9.17) is 26.3 Å². The van der Waals surface area contributed by atoms with E-state index in [1.54, 1.807) is 5.01 Å². The molecule has 1 aromatic carbocycles. The Morgan fingerprint density at radius 3 is 2.62 bits per heavy atom. The molecule has 6 nitrogen and oxygen atoms in total. The van der Waals surface area contributed by atoms with Crippen molar-refractivity contribution in [2.45, 2.75) is 39.0 Å². The van der Waals surface area contributed by atoms with Crippen LogP contribution in [0.25, 0.3) is 0 Å². The lowest BCUT2D eigenvalue weighted by atomic mass is 9.89. The van der Waals surface area contributed by atoms with Crippen LogP contribution in [0.2, 0.25) is 0 Å². The number of fused-ring (bicyclic) bond motifs is 1. The molecule has 24 heavy (non-hydrogen) atoms. The van der Waals surface area contributed by atoms with Crippen molar-refractivity contribution >= 4 is 11.4 Å². The van der Waals surface area contributed by atoms with Gasteiger partial charge in [0, 0.05) is 18.7 Å². The van der Waals surface area contributed by atoms with Crippen molar-refractivity contribution in [2.24, 2.45) is 21.6 Å². The van der Waals surface area contributed by atoms with Crippen molar-refractivity contribution in [1.29, 1.82) is 0 Å². The summed E-state index contributed by atoms with van der Waals surface area (Å²) >= 11 is 0. The average Bonchev–Trinajstić information content (AvgIpc) is 2.90. The van der Waals surface area contributed by atoms with Gasteiger partial charge in [-0.1, -0.05) is 30.3 Å². The molecule has 0 aliphatic carbocycles. The lowest BCUT2D eigenvalue weighted by Crippen LogP contribution is -2.53. The summed E-state index contributed by atoms with van der Waals surface area (Å²) in [7, 11) is 0. The molecule has 2 unspecified atom stereocenters. The Balaban J connectivity index is 1.99. The second-order valence-corrected chi connectivity index (χ2v) is 6.28. The van der Waals surface area contributed by atoms with Crippen LogP contribution in [0.5, 0.6) is 0 Å². The first kappa shape index (κ1) is 16.8. The lowest BCUT2D eigenvalue weighted by molar-refractivity contribution is 0.0919. The maximum Gasteiger partial charge on any atom is 0.158 e. The van der Waals surface area contributed by atoms with E-state index in [1.807, 2.05) is 39.0 Å². The maximum absolute atomic E-state index is 6.71. The zero-order valence-corrected chi connectivity index (χ0v) is 14.5. The highest BCUT2D eigenvalue weighted by Gasteiger charge is 2.44. The van der Waals surface area contributed by atoms with E-state index in [0.29, 0.717) is 19.6 Å². The Morgan fingerprint density at radius 2 is 1.96 bits per heavy atom. The van der Waals surface area contributed by atoms with Gasteiger partial charge in [-0.05, 0) is 31.9 Å². The van der Waals surface area contributed by atoms with Crippen LogP contribution in [0.3, 0.4) is 0 Å². The van der Waals surface area contributed by atoms with Crippen LogP contribution in [0.1, 0.15) is 26.3 Å². The van der Waals surface area contributed by atoms with Gasteiger partial charge in [-0.25, -0.2) is 5.84 Å². The van der Waals surface area contributed by atoms with Crippen LogP contribution < -0.4 is 11.6 Å². The second-order valence-electron chi connectivity index (χ2n) is 6.28. The molecule has 0 saturated carbocycles. The first-order chi connectivity index (χ1) is 11.5. The van der Waals surface area contributed by atoms with E-state index in [-0.39, 0.29) is 6.17 Å². The smallest absolute Gasteiger partial charge is 0.158 e. The van der Waals surface area contributed by atoms with Crippen LogP contribution in [-0.2, 0) is 11.2 Å². The average molecular weight is 327 g/mol. The van der Waals surface area contributed by atoms with Crippen molar-refractivity contribution in [1.82, 2.24) is 5.01 Å². The number of dihydropyridines is 1. The molecule has 1 aromatic rings. The van der Waals surface area contributed by atoms with Gasteiger partial charge < -0.3 is 10.5 Å². The van der Waals surface area contributed by atoms with Gasteiger partial charge in [0.05, 0.1) is 12.3 Å². The standard InChI is InChI=1S/C18H25N5O/c1-4-24-11-15-21-17-16(23(15)20)12(2)13(3)22-18(17,19)10-14-8-6-5-7-9-14/h5-9,15H,4,10-11,19-20H2,1-3H3. The summed E-state index contributed by atoms with van der Waals surface area (Å²) in [5.74, 6) is 6.31. The van der Waals surface area contributed by atoms with E-state index in [0.717, 1.165) is 28.3 Å². The van der Waals surface area contributed by atoms with Crippen LogP contribution in [0.4, 0.5) is 0 Å². The minimum absolute atomic E-state index is 0.260. The molecule has 0 aromatic heterocycles. The highest BCUT2D eigenvalue weighted by atomic mass is 16.5. The Labute approximate surface area is 142 Å². The van der Waals surface area contributed by atoms with Crippen molar-refractivity contribution in [2.75, 3.05) is 13.2 Å². The minimum atomic E-state index is -0.904. The number of nitrogens with two attached hydrogens (primary N) is 2. The molecule has 128 valence electrons. The number of hydrazine groups is 1. The molecule has 0 amide bonds. The Kier molecular flexibility index (Phi) is 4.54. The molecular formula is C18H25N5O. The normalized spacial score (nSPS) is 26.4. The maximum atomic E-state index is 6.71. The predicted molar refractivity (Wildman–Crippen MR) is 96.6 cm³/mol. The molecule has 2 atom stereocenters. The fourth-order valence-electron chi connectivity index (χ4n) is 3.21. The summed E-state index contributed by atoms with van der Waals surface area (Å²) in [5.41, 5.74) is 10.5. The number of nitrogens with zero attached hydrogens (tertiary/aromatic N) is 3. The van der Waals surface area contributed by atoms with E-state index < -0.39 is 5.66 Å². The van der Waals surface area contributed by atoms with Gasteiger partial charge in [0.1, 0.15) is 5.71 Å². The molecule has 0 spiro atoms. The molecule has 2 aliphatic heterocycles. The van der Waals surface area contributed by atoms with Gasteiger partial charge in [-0.15, -0.1) is 0 Å². The topological polar surface area (TPSA) is 89.2 Å². The zero-order chi connectivity index (χ0) is 17.3. The lowest BCUT2D eigenvalue weighted by Gasteiger charge is -2.33. The van der Waals surface area contributed by atoms with Gasteiger partial charge in [0.25, 0.3) is 0 Å². The number of aliphatic imine (C=N–C) groups is 2. The molecule has 0 radical (unpaired) electrons. The second kappa shape index (κ2) is 6.47. The minimum Gasteiger partial charge on any atom is -0.378 e. The highest BCUT2D eigenvalue weighted by Crippen LogP contribution is 2.33. The van der Waals surface area contributed by atoms with E-state index in [1.165, 1.54) is 0 Å². The van der Waals surface area contributed by atoms with Gasteiger partial charge in [0.15, 0.2) is 11.8 Å². The first-order valence-corrected chi connectivity index (χ1v) is 8.27. The molecule has 6 heteroatoms. The molecule has 0 saturated heterocycles. The van der Waals surface area contributed by atoms with Crippen molar-refractivity contribution in [3.05, 3.63) is 47.2 Å². The summed E-state index contributed by atoms with van der Waals surface area (Å²) < 4.78 is 5.51. The Hall–Kier alpha value is -2.02. The SMILES string of the molecule is CCOCC1N=C2C(=C(C)C(C)=NC2(N)Cc2ccccc2)N1N.